The number of carbonyl (C=O) groups is 1. The van der Waals surface area contributed by atoms with Gasteiger partial charge in [0.1, 0.15) is 0 Å². The van der Waals surface area contributed by atoms with Gasteiger partial charge in [0.25, 0.3) is 5.91 Å². The van der Waals surface area contributed by atoms with Gasteiger partial charge >= 0.3 is 0 Å². The third kappa shape index (κ3) is 3.06. The largest absolute Gasteiger partial charge is 0.315 e. The average Bonchev–Trinajstić information content (AvgIpc) is 2.75. The van der Waals surface area contributed by atoms with Crippen LogP contribution in [0.4, 0.5) is 0 Å². The summed E-state index contributed by atoms with van der Waals surface area (Å²) >= 11 is 6.42. The van der Waals surface area contributed by atoms with Crippen LogP contribution in [0.3, 0.4) is 0 Å². The Morgan fingerprint density at radius 3 is 2.43 bits per heavy atom. The average molecular weight is 387 g/mol. The number of amides is 1. The minimum Gasteiger partial charge on any atom is -0.315 e. The zero-order valence-corrected chi connectivity index (χ0v) is 16.1. The van der Waals surface area contributed by atoms with Crippen molar-refractivity contribution < 1.29 is 4.79 Å². The van der Waals surface area contributed by atoms with Gasteiger partial charge in [0.15, 0.2) is 5.54 Å². The van der Waals surface area contributed by atoms with E-state index in [2.05, 4.69) is 6.07 Å². The molecule has 0 radical (unpaired) electrons. The highest BCUT2D eigenvalue weighted by molar-refractivity contribution is 6.31. The molecule has 3 aromatic rings. The molecule has 28 heavy (non-hydrogen) atoms. The molecule has 3 aromatic carbocycles. The van der Waals surface area contributed by atoms with Gasteiger partial charge in [0.2, 0.25) is 0 Å². The molecule has 0 fully saturated rings. The molecule has 1 unspecified atom stereocenters. The molecule has 0 bridgehead atoms. The number of halogens is 1. The minimum absolute atomic E-state index is 0.135. The lowest BCUT2D eigenvalue weighted by Gasteiger charge is -2.44. The molecular formula is C24H19ClN2O. The summed E-state index contributed by atoms with van der Waals surface area (Å²) in [6.07, 6.45) is 1.07. The summed E-state index contributed by atoms with van der Waals surface area (Å²) in [6.45, 7) is 0.489. The second-order valence-electron chi connectivity index (χ2n) is 6.97. The lowest BCUT2D eigenvalue weighted by atomic mass is 9.77. The Bertz CT molecular complexity index is 1060. The maximum atomic E-state index is 13.4. The fourth-order valence-electron chi connectivity index (χ4n) is 3.99. The number of hydrogen-bond acceptors (Lipinski definition) is 2. The predicted octanol–water partition coefficient (Wildman–Crippen LogP) is 5.00. The summed E-state index contributed by atoms with van der Waals surface area (Å²) in [6, 6.07) is 27.1. The van der Waals surface area contributed by atoms with Gasteiger partial charge in [-0.2, -0.15) is 5.26 Å². The smallest absolute Gasteiger partial charge is 0.255 e. The Balaban J connectivity index is 1.87. The van der Waals surface area contributed by atoms with Crippen LogP contribution < -0.4 is 0 Å². The first-order chi connectivity index (χ1) is 13.7. The second kappa shape index (κ2) is 7.50. The molecule has 0 spiro atoms. The molecule has 1 amide bonds. The van der Waals surface area contributed by atoms with Crippen LogP contribution in [0.1, 0.15) is 27.0 Å². The third-order valence-electron chi connectivity index (χ3n) is 5.38. The molecule has 4 heteroatoms. The van der Waals surface area contributed by atoms with Crippen molar-refractivity contribution in [2.24, 2.45) is 0 Å². The van der Waals surface area contributed by atoms with Gasteiger partial charge in [-0.3, -0.25) is 4.79 Å². The van der Waals surface area contributed by atoms with Crippen LogP contribution >= 0.6 is 11.6 Å². The molecule has 0 aliphatic carbocycles. The van der Waals surface area contributed by atoms with Crippen molar-refractivity contribution in [3.8, 4) is 6.07 Å². The van der Waals surface area contributed by atoms with E-state index in [0.717, 1.165) is 23.1 Å². The van der Waals surface area contributed by atoms with E-state index in [9.17, 15) is 10.1 Å². The van der Waals surface area contributed by atoms with E-state index < -0.39 is 5.54 Å². The Morgan fingerprint density at radius 1 is 1.00 bits per heavy atom. The molecule has 1 aliphatic heterocycles. The summed E-state index contributed by atoms with van der Waals surface area (Å²) in [5.41, 5.74) is 2.32. The molecule has 138 valence electrons. The highest BCUT2D eigenvalue weighted by atomic mass is 35.5. The fourth-order valence-corrected chi connectivity index (χ4v) is 4.19. The zero-order chi connectivity index (χ0) is 19.6. The van der Waals surface area contributed by atoms with Gasteiger partial charge in [-0.15, -0.1) is 0 Å². The van der Waals surface area contributed by atoms with E-state index in [-0.39, 0.29) is 5.91 Å². The van der Waals surface area contributed by atoms with Crippen molar-refractivity contribution in [2.75, 3.05) is 6.54 Å². The first-order valence-corrected chi connectivity index (χ1v) is 9.63. The number of benzene rings is 3. The van der Waals surface area contributed by atoms with Crippen molar-refractivity contribution in [3.05, 3.63) is 106 Å². The number of nitrogens with zero attached hydrogens (tertiary/aromatic N) is 2. The summed E-state index contributed by atoms with van der Waals surface area (Å²) in [7, 11) is 0. The van der Waals surface area contributed by atoms with Gasteiger partial charge < -0.3 is 4.90 Å². The van der Waals surface area contributed by atoms with E-state index in [0.29, 0.717) is 23.6 Å². The first kappa shape index (κ1) is 18.3. The minimum atomic E-state index is -1.10. The molecule has 1 heterocycles. The first-order valence-electron chi connectivity index (χ1n) is 9.26. The maximum absolute atomic E-state index is 13.4. The molecule has 0 N–H and O–H groups in total. The molecule has 4 rings (SSSR count). The fraction of sp³-hybridized carbons (Fsp3) is 0.167. The Hall–Kier alpha value is -3.09. The number of carbonyl (C=O) groups excluding carboxylic acids is 1. The van der Waals surface area contributed by atoms with Crippen LogP contribution in [-0.4, -0.2) is 17.4 Å². The van der Waals surface area contributed by atoms with Crippen molar-refractivity contribution in [1.29, 1.82) is 5.26 Å². The molecule has 0 saturated heterocycles. The highest BCUT2D eigenvalue weighted by Crippen LogP contribution is 2.40. The van der Waals surface area contributed by atoms with Crippen molar-refractivity contribution >= 4 is 17.5 Å². The Labute approximate surface area is 169 Å². The number of rotatable bonds is 3. The van der Waals surface area contributed by atoms with Crippen LogP contribution in [0, 0.1) is 11.3 Å². The normalized spacial score (nSPS) is 18.2. The Kier molecular flexibility index (Phi) is 4.90. The summed E-state index contributed by atoms with van der Waals surface area (Å²) in [4.78, 5) is 15.1. The molecule has 1 aliphatic rings. The standard InChI is InChI=1S/C24H19ClN2O/c25-22-13-7-5-11-20(22)16-24(17-26)21-12-6-4-8-18(21)14-15-27(24)23(28)19-9-2-1-3-10-19/h1-13H,14-16H2. The third-order valence-corrected chi connectivity index (χ3v) is 5.75. The molecular weight excluding hydrogens is 368 g/mol. The topological polar surface area (TPSA) is 44.1 Å². The molecule has 3 nitrogen and oxygen atoms in total. The van der Waals surface area contributed by atoms with Crippen LogP contribution in [0.15, 0.2) is 78.9 Å². The number of hydrogen-bond donors (Lipinski definition) is 0. The second-order valence-corrected chi connectivity index (χ2v) is 7.38. The van der Waals surface area contributed by atoms with Crippen LogP contribution in [0.25, 0.3) is 0 Å². The van der Waals surface area contributed by atoms with E-state index in [4.69, 9.17) is 11.6 Å². The van der Waals surface area contributed by atoms with Crippen LogP contribution in [-0.2, 0) is 18.4 Å². The van der Waals surface area contributed by atoms with Crippen molar-refractivity contribution in [2.45, 2.75) is 18.4 Å². The number of nitriles is 1. The van der Waals surface area contributed by atoms with Crippen molar-refractivity contribution in [1.82, 2.24) is 4.90 Å². The van der Waals surface area contributed by atoms with E-state index >= 15 is 0 Å². The van der Waals surface area contributed by atoms with E-state index in [1.54, 1.807) is 17.0 Å². The van der Waals surface area contributed by atoms with Crippen molar-refractivity contribution in [3.63, 3.8) is 0 Å². The number of fused-ring (bicyclic) bond motifs is 1. The maximum Gasteiger partial charge on any atom is 0.255 e. The van der Waals surface area contributed by atoms with Gasteiger partial charge in [-0.1, -0.05) is 72.3 Å². The van der Waals surface area contributed by atoms with E-state index in [1.807, 2.05) is 66.7 Å². The van der Waals surface area contributed by atoms with Gasteiger partial charge in [-0.05, 0) is 41.3 Å². The quantitative estimate of drug-likeness (QED) is 0.635. The lowest BCUT2D eigenvalue weighted by molar-refractivity contribution is 0.0551. The lowest BCUT2D eigenvalue weighted by Crippen LogP contribution is -2.54. The molecule has 0 aromatic heterocycles. The van der Waals surface area contributed by atoms with Gasteiger partial charge in [0.05, 0.1) is 6.07 Å². The molecule has 1 atom stereocenters. The summed E-state index contributed by atoms with van der Waals surface area (Å²) < 4.78 is 0. The summed E-state index contributed by atoms with van der Waals surface area (Å²) in [5, 5.41) is 11.0. The van der Waals surface area contributed by atoms with Gasteiger partial charge in [0, 0.05) is 23.6 Å². The van der Waals surface area contributed by atoms with Crippen LogP contribution in [0.5, 0.6) is 0 Å². The van der Waals surface area contributed by atoms with E-state index in [1.165, 1.54) is 0 Å². The summed E-state index contributed by atoms with van der Waals surface area (Å²) in [5.74, 6) is -0.135. The monoisotopic (exact) mass is 386 g/mol. The van der Waals surface area contributed by atoms with Gasteiger partial charge in [-0.25, -0.2) is 0 Å². The predicted molar refractivity (Wildman–Crippen MR) is 110 cm³/mol. The SMILES string of the molecule is N#CC1(Cc2ccccc2Cl)c2ccccc2CCN1C(=O)c1ccccc1. The molecule has 0 saturated carbocycles. The zero-order valence-electron chi connectivity index (χ0n) is 15.3. The Morgan fingerprint density at radius 2 is 1.68 bits per heavy atom. The van der Waals surface area contributed by atoms with Crippen LogP contribution in [0.2, 0.25) is 5.02 Å². The highest BCUT2D eigenvalue weighted by Gasteiger charge is 2.46.